The molecule has 1 heterocycles. The highest BCUT2D eigenvalue weighted by molar-refractivity contribution is 7.89. The van der Waals surface area contributed by atoms with Crippen LogP contribution in [0.1, 0.15) is 30.0 Å². The molecule has 1 unspecified atom stereocenters. The van der Waals surface area contributed by atoms with Crippen molar-refractivity contribution >= 4 is 21.4 Å². The van der Waals surface area contributed by atoms with Crippen LogP contribution < -0.4 is 4.72 Å². The molecule has 0 aliphatic carbocycles. The molecule has 114 valence electrons. The second kappa shape index (κ2) is 7.13. The topological polar surface area (TPSA) is 79.3 Å². The van der Waals surface area contributed by atoms with Crippen LogP contribution in [-0.2, 0) is 16.4 Å². The van der Waals surface area contributed by atoms with Crippen LogP contribution in [0.4, 0.5) is 0 Å². The van der Waals surface area contributed by atoms with E-state index in [-0.39, 0.29) is 17.5 Å². The van der Waals surface area contributed by atoms with Crippen molar-refractivity contribution in [3.05, 3.63) is 46.4 Å². The number of hydrogen-bond donors (Lipinski definition) is 2. The van der Waals surface area contributed by atoms with E-state index in [1.807, 2.05) is 12.3 Å². The van der Waals surface area contributed by atoms with Crippen LogP contribution in [0.25, 0.3) is 0 Å². The van der Waals surface area contributed by atoms with Crippen molar-refractivity contribution in [2.45, 2.75) is 30.7 Å². The Hall–Kier alpha value is -1.28. The maximum absolute atomic E-state index is 12.4. The summed E-state index contributed by atoms with van der Waals surface area (Å²) in [5, 5.41) is 11.5. The highest BCUT2D eigenvalue weighted by Crippen LogP contribution is 2.22. The summed E-state index contributed by atoms with van der Waals surface area (Å²) in [5.74, 6) is 0. The largest absolute Gasteiger partial charge is 0.396 e. The Morgan fingerprint density at radius 3 is 2.57 bits per heavy atom. The summed E-state index contributed by atoms with van der Waals surface area (Å²) in [5.41, 5.74) is 0.906. The fourth-order valence-electron chi connectivity index (χ4n) is 1.93. The summed E-state index contributed by atoms with van der Waals surface area (Å²) in [7, 11) is -3.58. The van der Waals surface area contributed by atoms with E-state index in [1.54, 1.807) is 30.5 Å². The van der Waals surface area contributed by atoms with Gasteiger partial charge < -0.3 is 5.11 Å². The van der Waals surface area contributed by atoms with Gasteiger partial charge in [-0.1, -0.05) is 19.1 Å². The first-order chi connectivity index (χ1) is 10.1. The van der Waals surface area contributed by atoms with Crippen LogP contribution in [-0.4, -0.2) is 25.1 Å². The third-order valence-electron chi connectivity index (χ3n) is 3.09. The Morgan fingerprint density at radius 2 is 2.05 bits per heavy atom. The minimum Gasteiger partial charge on any atom is -0.396 e. The number of nitrogens with zero attached hydrogens (tertiary/aromatic N) is 1. The van der Waals surface area contributed by atoms with Crippen molar-refractivity contribution < 1.29 is 13.5 Å². The van der Waals surface area contributed by atoms with E-state index in [4.69, 9.17) is 5.11 Å². The average Bonchev–Trinajstić information content (AvgIpc) is 3.00. The zero-order chi connectivity index (χ0) is 15.3. The molecular formula is C14H18N2O3S2. The fourth-order valence-corrected chi connectivity index (χ4v) is 4.07. The summed E-state index contributed by atoms with van der Waals surface area (Å²) in [6.45, 7) is 1.96. The molecule has 0 bridgehead atoms. The molecule has 0 aliphatic rings. The maximum Gasteiger partial charge on any atom is 0.241 e. The zero-order valence-corrected chi connectivity index (χ0v) is 13.3. The van der Waals surface area contributed by atoms with E-state index in [0.717, 1.165) is 10.6 Å². The lowest BCUT2D eigenvalue weighted by Gasteiger charge is -2.15. The molecule has 7 heteroatoms. The van der Waals surface area contributed by atoms with Crippen LogP contribution in [0.3, 0.4) is 0 Å². The molecule has 0 aliphatic heterocycles. The molecular weight excluding hydrogens is 308 g/mol. The summed E-state index contributed by atoms with van der Waals surface area (Å²) >= 11 is 1.43. The molecule has 1 aromatic carbocycles. The van der Waals surface area contributed by atoms with E-state index in [9.17, 15) is 8.42 Å². The van der Waals surface area contributed by atoms with Crippen LogP contribution in [0.2, 0.25) is 0 Å². The molecule has 2 N–H and O–H groups in total. The number of aliphatic hydroxyl groups excluding tert-OH is 1. The summed E-state index contributed by atoms with van der Waals surface area (Å²) < 4.78 is 27.4. The van der Waals surface area contributed by atoms with E-state index in [1.165, 1.54) is 11.3 Å². The number of aliphatic hydroxyl groups is 1. The molecule has 21 heavy (non-hydrogen) atoms. The van der Waals surface area contributed by atoms with Crippen molar-refractivity contribution in [2.24, 2.45) is 0 Å². The monoisotopic (exact) mass is 326 g/mol. The Labute approximate surface area is 128 Å². The maximum atomic E-state index is 12.4. The van der Waals surface area contributed by atoms with Gasteiger partial charge in [0.05, 0.1) is 10.9 Å². The minimum atomic E-state index is -3.58. The van der Waals surface area contributed by atoms with Gasteiger partial charge >= 0.3 is 0 Å². The number of nitrogens with one attached hydrogen (secondary N) is 1. The lowest BCUT2D eigenvalue weighted by molar-refractivity contribution is 0.299. The third-order valence-corrected chi connectivity index (χ3v) is 5.47. The third kappa shape index (κ3) is 4.10. The number of aromatic nitrogens is 1. The quantitative estimate of drug-likeness (QED) is 0.817. The number of hydrogen-bond acceptors (Lipinski definition) is 5. The average molecular weight is 326 g/mol. The van der Waals surface area contributed by atoms with Gasteiger partial charge in [-0.25, -0.2) is 18.1 Å². The molecule has 1 atom stereocenters. The summed E-state index contributed by atoms with van der Waals surface area (Å²) in [6.07, 6.45) is 2.82. The number of sulfonamides is 1. The lowest BCUT2D eigenvalue weighted by atomic mass is 10.2. The molecule has 1 aromatic heterocycles. The normalized spacial score (nSPS) is 13.2. The summed E-state index contributed by atoms with van der Waals surface area (Å²) in [6, 6.07) is 6.24. The van der Waals surface area contributed by atoms with Crippen LogP contribution >= 0.6 is 11.3 Å². The van der Waals surface area contributed by atoms with Gasteiger partial charge in [0.1, 0.15) is 5.01 Å². The SMILES string of the molecule is CCC(NS(=O)(=O)c1ccc(CCO)cc1)c1nccs1. The number of benzene rings is 1. The molecule has 2 rings (SSSR count). The van der Waals surface area contributed by atoms with Gasteiger partial charge in [-0.3, -0.25) is 0 Å². The number of rotatable bonds is 7. The smallest absolute Gasteiger partial charge is 0.241 e. The zero-order valence-electron chi connectivity index (χ0n) is 11.7. The highest BCUT2D eigenvalue weighted by Gasteiger charge is 2.21. The van der Waals surface area contributed by atoms with E-state index < -0.39 is 10.0 Å². The van der Waals surface area contributed by atoms with Gasteiger partial charge in [-0.05, 0) is 30.5 Å². The van der Waals surface area contributed by atoms with Gasteiger partial charge in [0.25, 0.3) is 0 Å². The van der Waals surface area contributed by atoms with Gasteiger partial charge in [0.2, 0.25) is 10.0 Å². The Kier molecular flexibility index (Phi) is 5.46. The van der Waals surface area contributed by atoms with Gasteiger partial charge in [0.15, 0.2) is 0 Å². The second-order valence-electron chi connectivity index (χ2n) is 4.57. The van der Waals surface area contributed by atoms with Crippen molar-refractivity contribution in [1.82, 2.24) is 9.71 Å². The van der Waals surface area contributed by atoms with Crippen molar-refractivity contribution in [2.75, 3.05) is 6.61 Å². The first-order valence-electron chi connectivity index (χ1n) is 6.68. The molecule has 0 spiro atoms. The predicted molar refractivity (Wildman–Crippen MR) is 82.7 cm³/mol. The second-order valence-corrected chi connectivity index (χ2v) is 7.21. The van der Waals surface area contributed by atoms with Crippen LogP contribution in [0.15, 0.2) is 40.7 Å². The van der Waals surface area contributed by atoms with E-state index >= 15 is 0 Å². The molecule has 0 amide bonds. The molecule has 0 saturated carbocycles. The Balaban J connectivity index is 2.17. The molecule has 0 saturated heterocycles. The first kappa shape index (κ1) is 16.1. The Bertz CT molecular complexity index is 652. The fraction of sp³-hybridized carbons (Fsp3) is 0.357. The lowest BCUT2D eigenvalue weighted by Crippen LogP contribution is -2.28. The molecule has 2 aromatic rings. The van der Waals surface area contributed by atoms with Crippen molar-refractivity contribution in [3.63, 3.8) is 0 Å². The van der Waals surface area contributed by atoms with Crippen molar-refractivity contribution in [3.8, 4) is 0 Å². The minimum absolute atomic E-state index is 0.0479. The summed E-state index contributed by atoms with van der Waals surface area (Å²) in [4.78, 5) is 4.39. The van der Waals surface area contributed by atoms with Crippen LogP contribution in [0.5, 0.6) is 0 Å². The highest BCUT2D eigenvalue weighted by atomic mass is 32.2. The predicted octanol–water partition coefficient (Wildman–Crippen LogP) is 2.11. The van der Waals surface area contributed by atoms with Crippen LogP contribution in [0, 0.1) is 0 Å². The van der Waals surface area contributed by atoms with E-state index in [0.29, 0.717) is 12.8 Å². The standard InChI is InChI=1S/C14H18N2O3S2/c1-2-13(14-15-8-10-20-14)16-21(18,19)12-5-3-11(4-6-12)7-9-17/h3-6,8,10,13,16-17H,2,7,9H2,1H3. The van der Waals surface area contributed by atoms with Gasteiger partial charge in [-0.2, -0.15) is 0 Å². The Morgan fingerprint density at radius 1 is 1.33 bits per heavy atom. The molecule has 5 nitrogen and oxygen atoms in total. The molecule has 0 fully saturated rings. The first-order valence-corrected chi connectivity index (χ1v) is 9.04. The van der Waals surface area contributed by atoms with Gasteiger partial charge in [0, 0.05) is 18.2 Å². The van der Waals surface area contributed by atoms with E-state index in [2.05, 4.69) is 9.71 Å². The van der Waals surface area contributed by atoms with Crippen molar-refractivity contribution in [1.29, 1.82) is 0 Å². The number of thiazole rings is 1. The van der Waals surface area contributed by atoms with Gasteiger partial charge in [-0.15, -0.1) is 11.3 Å². The molecule has 0 radical (unpaired) electrons.